The minimum absolute atomic E-state index is 0. The number of benzene rings is 2. The van der Waals surface area contributed by atoms with Crippen LogP contribution in [0.25, 0.3) is 43.4 Å². The Morgan fingerprint density at radius 2 is 1.56 bits per heavy atom. The van der Waals surface area contributed by atoms with E-state index in [-0.39, 0.29) is 48.9 Å². The molecule has 3 aromatic heterocycles. The maximum absolute atomic E-state index is 11.7. The summed E-state index contributed by atoms with van der Waals surface area (Å²) in [5.74, 6) is 0.547. The molecule has 239 valence electrons. The van der Waals surface area contributed by atoms with Crippen molar-refractivity contribution in [1.82, 2.24) is 9.97 Å². The van der Waals surface area contributed by atoms with E-state index in [1.807, 2.05) is 40.1 Å². The summed E-state index contributed by atoms with van der Waals surface area (Å²) < 4.78 is 0. The summed E-state index contributed by atoms with van der Waals surface area (Å²) in [6.07, 6.45) is 8.68. The molecule has 0 saturated heterocycles. The van der Waals surface area contributed by atoms with Gasteiger partial charge < -0.3 is 5.11 Å². The van der Waals surface area contributed by atoms with Crippen LogP contribution in [0.15, 0.2) is 84.2 Å². The second-order valence-electron chi connectivity index (χ2n) is 12.3. The summed E-state index contributed by atoms with van der Waals surface area (Å²) in [7, 11) is 0. The van der Waals surface area contributed by atoms with Gasteiger partial charge in [0.1, 0.15) is 4.83 Å². The molecule has 1 N–H and O–H groups in total. The van der Waals surface area contributed by atoms with Gasteiger partial charge in [0.05, 0.1) is 5.76 Å². The molecule has 0 unspecified atom stereocenters. The zero-order valence-electron chi connectivity index (χ0n) is 27.5. The Bertz CT molecular complexity index is 1740. The van der Waals surface area contributed by atoms with Crippen LogP contribution >= 0.6 is 11.3 Å². The summed E-state index contributed by atoms with van der Waals surface area (Å²) >= 11 is 1.67. The summed E-state index contributed by atoms with van der Waals surface area (Å²) in [4.78, 5) is 21.9. The number of hydrogen-bond acceptors (Lipinski definition) is 5. The number of carbonyl (C=O) groups excluding carboxylic acids is 1. The van der Waals surface area contributed by atoms with E-state index in [0.717, 1.165) is 52.7 Å². The molecule has 0 atom stereocenters. The van der Waals surface area contributed by atoms with Crippen molar-refractivity contribution in [3.8, 4) is 22.4 Å². The van der Waals surface area contributed by atoms with Crippen LogP contribution in [0.5, 0.6) is 0 Å². The largest absolute Gasteiger partial charge is 0.512 e. The van der Waals surface area contributed by atoms with E-state index in [2.05, 4.69) is 96.8 Å². The third kappa shape index (κ3) is 8.76. The molecule has 0 aliphatic carbocycles. The SMILES string of the molecule is CC(C)(C)c1cc(-c2cc(-c3ccnc4sccc34)ccn2)[c-]c2ccccc12.CCC(CC)C(=O)/C=C(\O)C(CC)CC.[Ir]. The molecule has 0 amide bonds. The number of nitrogens with zero attached hydrogens (tertiary/aromatic N) is 2. The van der Waals surface area contributed by atoms with Crippen molar-refractivity contribution in [3.63, 3.8) is 0 Å². The Kier molecular flexibility index (Phi) is 13.2. The van der Waals surface area contributed by atoms with Crippen LogP contribution in [-0.2, 0) is 30.3 Å². The summed E-state index contributed by atoms with van der Waals surface area (Å²) in [6, 6.07) is 22.8. The number of rotatable bonds is 9. The van der Waals surface area contributed by atoms with E-state index < -0.39 is 0 Å². The smallest absolute Gasteiger partial charge is 0.162 e. The van der Waals surface area contributed by atoms with Crippen LogP contribution in [0.4, 0.5) is 0 Å². The summed E-state index contributed by atoms with van der Waals surface area (Å²) in [5, 5.41) is 15.4. The number of thiophene rings is 1. The molecule has 2 aromatic carbocycles. The molecule has 1 radical (unpaired) electrons. The zero-order chi connectivity index (χ0) is 31.9. The van der Waals surface area contributed by atoms with Gasteiger partial charge in [-0.2, -0.15) is 0 Å². The van der Waals surface area contributed by atoms with Gasteiger partial charge in [0.15, 0.2) is 5.78 Å². The van der Waals surface area contributed by atoms with Crippen molar-refractivity contribution in [1.29, 1.82) is 0 Å². The number of pyridine rings is 2. The second-order valence-corrected chi connectivity index (χ2v) is 13.2. The molecular weight excluding hydrogens is 753 g/mol. The molecule has 0 fully saturated rings. The molecule has 0 spiro atoms. The quantitative estimate of drug-likeness (QED) is 0.0917. The Balaban J connectivity index is 0.000000297. The average molecular weight is 798 g/mol. The Morgan fingerprint density at radius 3 is 2.22 bits per heavy atom. The number of aromatic nitrogens is 2. The Hall–Kier alpha value is -3.18. The summed E-state index contributed by atoms with van der Waals surface area (Å²) in [6.45, 7) is 14.8. The summed E-state index contributed by atoms with van der Waals surface area (Å²) in [5.41, 5.74) is 5.68. The number of allylic oxidation sites excluding steroid dienone is 2. The molecule has 5 aromatic rings. The van der Waals surface area contributed by atoms with E-state index in [1.54, 1.807) is 11.3 Å². The van der Waals surface area contributed by atoms with Gasteiger partial charge in [0, 0.05) is 61.5 Å². The van der Waals surface area contributed by atoms with Crippen LogP contribution in [0, 0.1) is 17.9 Å². The van der Waals surface area contributed by atoms with E-state index in [0.29, 0.717) is 0 Å². The minimum Gasteiger partial charge on any atom is -0.512 e. The van der Waals surface area contributed by atoms with Crippen LogP contribution in [0.1, 0.15) is 79.7 Å². The first-order valence-electron chi connectivity index (χ1n) is 15.8. The molecule has 0 aliphatic heterocycles. The third-order valence-corrected chi connectivity index (χ3v) is 9.20. The molecule has 6 heteroatoms. The molecule has 5 rings (SSSR count). The van der Waals surface area contributed by atoms with Crippen LogP contribution in [-0.4, -0.2) is 20.9 Å². The monoisotopic (exact) mass is 798 g/mol. The number of hydrogen-bond donors (Lipinski definition) is 1. The Labute approximate surface area is 286 Å². The van der Waals surface area contributed by atoms with Gasteiger partial charge in [0.25, 0.3) is 0 Å². The third-order valence-electron chi connectivity index (χ3n) is 8.38. The van der Waals surface area contributed by atoms with Crippen molar-refractivity contribution >= 4 is 38.1 Å². The fourth-order valence-electron chi connectivity index (χ4n) is 5.64. The molecular formula is C39H45IrN2O2S-. The van der Waals surface area contributed by atoms with Crippen LogP contribution in [0.2, 0.25) is 0 Å². The topological polar surface area (TPSA) is 63.1 Å². The van der Waals surface area contributed by atoms with Gasteiger partial charge >= 0.3 is 0 Å². The van der Waals surface area contributed by atoms with Crippen molar-refractivity contribution in [2.45, 2.75) is 79.6 Å². The fraction of sp³-hybridized carbons (Fsp3) is 0.359. The first-order valence-corrected chi connectivity index (χ1v) is 16.7. The fourth-order valence-corrected chi connectivity index (χ4v) is 6.40. The molecule has 4 nitrogen and oxygen atoms in total. The normalized spacial score (nSPS) is 11.9. The van der Waals surface area contributed by atoms with E-state index in [9.17, 15) is 9.90 Å². The van der Waals surface area contributed by atoms with Gasteiger partial charge in [-0.25, -0.2) is 4.98 Å². The Morgan fingerprint density at radius 1 is 0.889 bits per heavy atom. The van der Waals surface area contributed by atoms with Crippen LogP contribution in [0.3, 0.4) is 0 Å². The van der Waals surface area contributed by atoms with E-state index in [1.165, 1.54) is 28.0 Å². The van der Waals surface area contributed by atoms with Gasteiger partial charge in [-0.1, -0.05) is 83.7 Å². The maximum Gasteiger partial charge on any atom is 0.162 e. The van der Waals surface area contributed by atoms with Gasteiger partial charge in [-0.3, -0.25) is 9.78 Å². The predicted octanol–water partition coefficient (Wildman–Crippen LogP) is 11.1. The van der Waals surface area contributed by atoms with Crippen molar-refractivity contribution < 1.29 is 30.0 Å². The number of fused-ring (bicyclic) bond motifs is 2. The molecule has 0 saturated carbocycles. The predicted molar refractivity (Wildman–Crippen MR) is 187 cm³/mol. The molecule has 0 bridgehead atoms. The van der Waals surface area contributed by atoms with Gasteiger partial charge in [-0.05, 0) is 65.8 Å². The van der Waals surface area contributed by atoms with Crippen LogP contribution < -0.4 is 0 Å². The van der Waals surface area contributed by atoms with E-state index in [4.69, 9.17) is 0 Å². The van der Waals surface area contributed by atoms with Crippen molar-refractivity contribution in [2.24, 2.45) is 11.8 Å². The maximum atomic E-state index is 11.7. The standard InChI is InChI=1S/C26H21N2S.C13H24O2.Ir/c1-26(2,3)23-15-19(14-17-6-4-5-7-21(17)23)24-16-18(8-11-27-24)20-9-12-28-25-22(20)10-13-29-25;1-5-10(6-2)12(14)9-13(15)11(7-3)8-4;/h4-13,15-16H,1-3H3;9-11,14H,5-8H2,1-4H3;/q-1;;/b;12-9-;. The zero-order valence-corrected chi connectivity index (χ0v) is 30.7. The first-order chi connectivity index (χ1) is 21.1. The number of ketones is 1. The second kappa shape index (κ2) is 16.4. The van der Waals surface area contributed by atoms with Crippen molar-refractivity contribution in [2.75, 3.05) is 0 Å². The number of carbonyl (C=O) groups is 1. The molecule has 0 aliphatic rings. The number of aliphatic hydroxyl groups excluding tert-OH is 1. The van der Waals surface area contributed by atoms with E-state index >= 15 is 0 Å². The van der Waals surface area contributed by atoms with Gasteiger partial charge in [-0.15, -0.1) is 40.5 Å². The minimum atomic E-state index is 0. The molecule has 3 heterocycles. The first kappa shape index (κ1) is 36.3. The van der Waals surface area contributed by atoms with Gasteiger partial charge in [0.2, 0.25) is 0 Å². The number of aliphatic hydroxyl groups is 1. The molecule has 45 heavy (non-hydrogen) atoms. The average Bonchev–Trinajstić information content (AvgIpc) is 3.51. The van der Waals surface area contributed by atoms with Crippen molar-refractivity contribution in [3.05, 3.63) is 95.8 Å².